The van der Waals surface area contributed by atoms with Gasteiger partial charge in [0.05, 0.1) is 12.6 Å². The van der Waals surface area contributed by atoms with Crippen molar-refractivity contribution >= 4 is 5.91 Å². The van der Waals surface area contributed by atoms with Crippen LogP contribution in [0.2, 0.25) is 0 Å². The molecule has 2 aliphatic rings. The molecule has 1 saturated heterocycles. The van der Waals surface area contributed by atoms with E-state index in [0.717, 1.165) is 49.4 Å². The van der Waals surface area contributed by atoms with Crippen molar-refractivity contribution in [1.29, 1.82) is 0 Å². The number of aliphatic hydroxyl groups excluding tert-OH is 1. The summed E-state index contributed by atoms with van der Waals surface area (Å²) in [5, 5.41) is 12.4. The summed E-state index contributed by atoms with van der Waals surface area (Å²) in [5.74, 6) is 1.61. The summed E-state index contributed by atoms with van der Waals surface area (Å²) in [4.78, 5) is 14.0. The number of hydrogen-bond acceptors (Lipinski definition) is 5. The zero-order valence-corrected chi connectivity index (χ0v) is 13.3. The van der Waals surface area contributed by atoms with Crippen molar-refractivity contribution in [2.75, 3.05) is 39.4 Å². The third-order valence-electron chi connectivity index (χ3n) is 4.27. The Bertz CT molecular complexity index is 541. The number of hydrogen-bond donors (Lipinski definition) is 2. The Morgan fingerprint density at radius 2 is 1.96 bits per heavy atom. The van der Waals surface area contributed by atoms with Gasteiger partial charge in [-0.3, -0.25) is 9.69 Å². The predicted molar refractivity (Wildman–Crippen MR) is 85.8 cm³/mol. The monoisotopic (exact) mass is 320 g/mol. The van der Waals surface area contributed by atoms with Gasteiger partial charge in [0.1, 0.15) is 13.2 Å². The standard InChI is InChI=1S/C17H24N2O4/c20-14-4-7-19(8-5-14)12-17(21)18-6-3-13-1-2-15-16(11-13)23-10-9-22-15/h1-2,11,14,20H,3-10,12H2,(H,18,21). The average Bonchev–Trinajstić information content (AvgIpc) is 2.57. The summed E-state index contributed by atoms with van der Waals surface area (Å²) in [6.45, 7) is 3.77. The molecule has 2 aliphatic heterocycles. The molecule has 0 aliphatic carbocycles. The van der Waals surface area contributed by atoms with E-state index in [1.807, 2.05) is 18.2 Å². The zero-order valence-electron chi connectivity index (χ0n) is 13.3. The molecule has 0 aromatic heterocycles. The smallest absolute Gasteiger partial charge is 0.234 e. The highest BCUT2D eigenvalue weighted by Crippen LogP contribution is 2.30. The Hall–Kier alpha value is -1.79. The molecule has 0 spiro atoms. The molecule has 1 aromatic carbocycles. The summed E-state index contributed by atoms with van der Waals surface area (Å²) in [5.41, 5.74) is 1.12. The molecule has 1 aromatic rings. The quantitative estimate of drug-likeness (QED) is 0.830. The number of aliphatic hydroxyl groups is 1. The van der Waals surface area contributed by atoms with E-state index in [-0.39, 0.29) is 12.0 Å². The number of ether oxygens (including phenoxy) is 2. The van der Waals surface area contributed by atoms with Crippen molar-refractivity contribution in [3.05, 3.63) is 23.8 Å². The van der Waals surface area contributed by atoms with Crippen molar-refractivity contribution in [2.45, 2.75) is 25.4 Å². The maximum absolute atomic E-state index is 12.0. The maximum Gasteiger partial charge on any atom is 0.234 e. The van der Waals surface area contributed by atoms with Gasteiger partial charge in [-0.25, -0.2) is 0 Å². The first-order valence-electron chi connectivity index (χ1n) is 8.26. The minimum absolute atomic E-state index is 0.0407. The van der Waals surface area contributed by atoms with Gasteiger partial charge in [-0.15, -0.1) is 0 Å². The van der Waals surface area contributed by atoms with Crippen LogP contribution in [0.5, 0.6) is 11.5 Å². The van der Waals surface area contributed by atoms with Gasteiger partial charge in [0.25, 0.3) is 0 Å². The molecule has 6 nitrogen and oxygen atoms in total. The Balaban J connectivity index is 1.40. The molecule has 0 unspecified atom stereocenters. The van der Waals surface area contributed by atoms with E-state index < -0.39 is 0 Å². The van der Waals surface area contributed by atoms with E-state index in [9.17, 15) is 9.90 Å². The molecule has 0 radical (unpaired) electrons. The molecule has 3 rings (SSSR count). The van der Waals surface area contributed by atoms with Crippen LogP contribution in [0, 0.1) is 0 Å². The lowest BCUT2D eigenvalue weighted by Gasteiger charge is -2.28. The first-order chi connectivity index (χ1) is 11.2. The molecule has 0 atom stereocenters. The lowest BCUT2D eigenvalue weighted by Crippen LogP contribution is -2.42. The molecule has 1 fully saturated rings. The highest BCUT2D eigenvalue weighted by molar-refractivity contribution is 5.78. The van der Waals surface area contributed by atoms with Crippen LogP contribution < -0.4 is 14.8 Å². The van der Waals surface area contributed by atoms with Crippen molar-refractivity contribution in [1.82, 2.24) is 10.2 Å². The number of piperidine rings is 1. The third kappa shape index (κ3) is 4.59. The topological polar surface area (TPSA) is 71.0 Å². The average molecular weight is 320 g/mol. The number of carbonyl (C=O) groups is 1. The second kappa shape index (κ2) is 7.66. The van der Waals surface area contributed by atoms with Crippen LogP contribution in [0.1, 0.15) is 18.4 Å². The predicted octanol–water partition coefficient (Wildman–Crippen LogP) is 0.573. The third-order valence-corrected chi connectivity index (χ3v) is 4.27. The molecular formula is C17H24N2O4. The number of nitrogens with one attached hydrogen (secondary N) is 1. The summed E-state index contributed by atoms with van der Waals surface area (Å²) >= 11 is 0. The highest BCUT2D eigenvalue weighted by Gasteiger charge is 2.18. The first-order valence-corrected chi connectivity index (χ1v) is 8.26. The summed E-state index contributed by atoms with van der Waals surface area (Å²) in [6.07, 6.45) is 2.07. The Morgan fingerprint density at radius 3 is 2.74 bits per heavy atom. The van der Waals surface area contributed by atoms with Crippen molar-refractivity contribution in [3.8, 4) is 11.5 Å². The minimum atomic E-state index is -0.204. The van der Waals surface area contributed by atoms with E-state index in [4.69, 9.17) is 9.47 Å². The van der Waals surface area contributed by atoms with E-state index in [1.165, 1.54) is 0 Å². The van der Waals surface area contributed by atoms with Gasteiger partial charge >= 0.3 is 0 Å². The van der Waals surface area contributed by atoms with Gasteiger partial charge in [-0.2, -0.15) is 0 Å². The lowest BCUT2D eigenvalue weighted by molar-refractivity contribution is -0.122. The number of likely N-dealkylation sites (tertiary alicyclic amines) is 1. The Labute approximate surface area is 136 Å². The van der Waals surface area contributed by atoms with Gasteiger partial charge in [-0.05, 0) is 37.0 Å². The van der Waals surface area contributed by atoms with Gasteiger partial charge in [0.15, 0.2) is 11.5 Å². The summed E-state index contributed by atoms with van der Waals surface area (Å²) in [6, 6.07) is 5.91. The molecular weight excluding hydrogens is 296 g/mol. The fourth-order valence-corrected chi connectivity index (χ4v) is 2.93. The molecule has 2 N–H and O–H groups in total. The first kappa shape index (κ1) is 16.1. The number of rotatable bonds is 5. The van der Waals surface area contributed by atoms with Crippen LogP contribution in [0.15, 0.2) is 18.2 Å². The Morgan fingerprint density at radius 1 is 1.22 bits per heavy atom. The summed E-state index contributed by atoms with van der Waals surface area (Å²) < 4.78 is 11.1. The maximum atomic E-state index is 12.0. The number of nitrogens with zero attached hydrogens (tertiary/aromatic N) is 1. The van der Waals surface area contributed by atoms with Crippen molar-refractivity contribution < 1.29 is 19.4 Å². The number of carbonyl (C=O) groups excluding carboxylic acids is 1. The zero-order chi connectivity index (χ0) is 16.1. The molecule has 23 heavy (non-hydrogen) atoms. The number of fused-ring (bicyclic) bond motifs is 1. The fourth-order valence-electron chi connectivity index (χ4n) is 2.93. The highest BCUT2D eigenvalue weighted by atomic mass is 16.6. The molecule has 6 heteroatoms. The fraction of sp³-hybridized carbons (Fsp3) is 0.588. The Kier molecular flexibility index (Phi) is 5.35. The van der Waals surface area contributed by atoms with Crippen LogP contribution in [-0.4, -0.2) is 61.4 Å². The van der Waals surface area contributed by atoms with Crippen LogP contribution in [0.3, 0.4) is 0 Å². The largest absolute Gasteiger partial charge is 0.486 e. The second-order valence-corrected chi connectivity index (χ2v) is 6.09. The van der Waals surface area contributed by atoms with Crippen LogP contribution in [-0.2, 0) is 11.2 Å². The van der Waals surface area contributed by atoms with Crippen molar-refractivity contribution in [3.63, 3.8) is 0 Å². The molecule has 126 valence electrons. The summed E-state index contributed by atoms with van der Waals surface area (Å²) in [7, 11) is 0. The minimum Gasteiger partial charge on any atom is -0.486 e. The van der Waals surface area contributed by atoms with Crippen LogP contribution >= 0.6 is 0 Å². The number of amides is 1. The molecule has 0 saturated carbocycles. The van der Waals surface area contributed by atoms with Gasteiger partial charge < -0.3 is 19.9 Å². The van der Waals surface area contributed by atoms with E-state index in [0.29, 0.717) is 26.3 Å². The van der Waals surface area contributed by atoms with Crippen molar-refractivity contribution in [2.24, 2.45) is 0 Å². The SMILES string of the molecule is O=C(CN1CCC(O)CC1)NCCc1ccc2c(c1)OCCO2. The van der Waals surface area contributed by atoms with E-state index in [1.54, 1.807) is 0 Å². The molecule has 2 heterocycles. The number of benzene rings is 1. The van der Waals surface area contributed by atoms with Gasteiger partial charge in [0, 0.05) is 19.6 Å². The second-order valence-electron chi connectivity index (χ2n) is 6.09. The van der Waals surface area contributed by atoms with Gasteiger partial charge in [-0.1, -0.05) is 6.07 Å². The normalized spacial score (nSPS) is 18.7. The lowest BCUT2D eigenvalue weighted by atomic mass is 10.1. The van der Waals surface area contributed by atoms with Gasteiger partial charge in [0.2, 0.25) is 5.91 Å². The van der Waals surface area contributed by atoms with Crippen LogP contribution in [0.25, 0.3) is 0 Å². The molecule has 1 amide bonds. The van der Waals surface area contributed by atoms with Crippen LogP contribution in [0.4, 0.5) is 0 Å². The van der Waals surface area contributed by atoms with E-state index >= 15 is 0 Å². The van der Waals surface area contributed by atoms with E-state index in [2.05, 4.69) is 10.2 Å². The molecule has 0 bridgehead atoms.